The monoisotopic (exact) mass is 498 g/mol. The van der Waals surface area contributed by atoms with Crippen LogP contribution in [0.1, 0.15) is 20.7 Å². The summed E-state index contributed by atoms with van der Waals surface area (Å²) in [5.74, 6) is 0.126. The molecule has 3 rings (SSSR count). The molecule has 2 aromatic rings. The van der Waals surface area contributed by atoms with Gasteiger partial charge in [0.25, 0.3) is 0 Å². The van der Waals surface area contributed by atoms with E-state index in [-0.39, 0.29) is 13.2 Å². The van der Waals surface area contributed by atoms with Crippen LogP contribution in [0.4, 0.5) is 0 Å². The van der Waals surface area contributed by atoms with E-state index in [1.807, 2.05) is 0 Å². The average Bonchev–Trinajstić information content (AvgIpc) is 3.05. The van der Waals surface area contributed by atoms with Gasteiger partial charge in [-0.3, -0.25) is 0 Å². The van der Waals surface area contributed by atoms with Crippen LogP contribution in [-0.2, 0) is 14.2 Å². The van der Waals surface area contributed by atoms with E-state index in [1.165, 1.54) is 14.2 Å². The van der Waals surface area contributed by atoms with Crippen LogP contribution in [0.15, 0.2) is 48.5 Å². The molecule has 1 fully saturated rings. The maximum atomic E-state index is 12.5. The highest BCUT2D eigenvalue weighted by atomic mass is 79.9. The fraction of sp³-hybridized carbons (Fsp3) is 0.333. The second-order valence-electron chi connectivity index (χ2n) is 6.49. The standard InChI is InChI=1S/C21H20BrClO7/c1-26-15-7-3-13(4-8-15)19(24)28-11-17-18(21(22,23)12-29-17)30-20(25)14-5-9-16(27-2)10-6-14/h3-10,17-18H,11-12H2,1-2H3/t17-,18-,21+/m1/s1. The van der Waals surface area contributed by atoms with Crippen molar-refractivity contribution in [3.8, 4) is 11.5 Å². The van der Waals surface area contributed by atoms with Gasteiger partial charge in [-0.15, -0.1) is 0 Å². The summed E-state index contributed by atoms with van der Waals surface area (Å²) in [4.78, 5) is 24.8. The van der Waals surface area contributed by atoms with Crippen molar-refractivity contribution in [1.82, 2.24) is 0 Å². The molecule has 1 aliphatic heterocycles. The van der Waals surface area contributed by atoms with Crippen molar-refractivity contribution in [2.45, 2.75) is 16.0 Å². The molecule has 0 aromatic heterocycles. The molecule has 30 heavy (non-hydrogen) atoms. The minimum absolute atomic E-state index is 0.0693. The van der Waals surface area contributed by atoms with Crippen LogP contribution in [0.5, 0.6) is 11.5 Å². The summed E-state index contributed by atoms with van der Waals surface area (Å²) in [5, 5.41) is 0. The lowest BCUT2D eigenvalue weighted by Crippen LogP contribution is -2.40. The van der Waals surface area contributed by atoms with Crippen LogP contribution in [0, 0.1) is 0 Å². The van der Waals surface area contributed by atoms with Gasteiger partial charge in [0, 0.05) is 0 Å². The van der Waals surface area contributed by atoms with Crippen molar-refractivity contribution < 1.29 is 33.3 Å². The molecule has 0 saturated carbocycles. The van der Waals surface area contributed by atoms with Gasteiger partial charge in [-0.25, -0.2) is 9.59 Å². The van der Waals surface area contributed by atoms with E-state index >= 15 is 0 Å². The van der Waals surface area contributed by atoms with E-state index in [0.717, 1.165) is 0 Å². The average molecular weight is 500 g/mol. The molecule has 0 spiro atoms. The van der Waals surface area contributed by atoms with Gasteiger partial charge in [0.2, 0.25) is 0 Å². The van der Waals surface area contributed by atoms with Crippen LogP contribution in [0.2, 0.25) is 0 Å². The lowest BCUT2D eigenvalue weighted by Gasteiger charge is -2.24. The van der Waals surface area contributed by atoms with Crippen molar-refractivity contribution in [3.05, 3.63) is 59.7 Å². The van der Waals surface area contributed by atoms with Crippen molar-refractivity contribution in [1.29, 1.82) is 0 Å². The number of ether oxygens (including phenoxy) is 5. The van der Waals surface area contributed by atoms with Gasteiger partial charge in [0.15, 0.2) is 9.89 Å². The zero-order valence-corrected chi connectivity index (χ0v) is 18.6. The van der Waals surface area contributed by atoms with Gasteiger partial charge in [0.1, 0.15) is 24.2 Å². The molecule has 0 unspecified atom stereocenters. The minimum atomic E-state index is -1.13. The Kier molecular flexibility index (Phi) is 7.23. The predicted molar refractivity (Wildman–Crippen MR) is 113 cm³/mol. The van der Waals surface area contributed by atoms with Gasteiger partial charge in [-0.1, -0.05) is 27.5 Å². The number of benzene rings is 2. The zero-order valence-electron chi connectivity index (χ0n) is 16.3. The summed E-state index contributed by atoms with van der Waals surface area (Å²) in [6.07, 6.45) is -1.61. The molecule has 1 heterocycles. The van der Waals surface area contributed by atoms with Crippen molar-refractivity contribution in [2.24, 2.45) is 0 Å². The summed E-state index contributed by atoms with van der Waals surface area (Å²) >= 11 is 9.74. The van der Waals surface area contributed by atoms with E-state index in [0.29, 0.717) is 22.6 Å². The van der Waals surface area contributed by atoms with Gasteiger partial charge in [-0.05, 0) is 48.5 Å². The minimum Gasteiger partial charge on any atom is -0.497 e. The summed E-state index contributed by atoms with van der Waals surface area (Å²) in [6.45, 7) is -0.0641. The first-order valence-electron chi connectivity index (χ1n) is 8.99. The van der Waals surface area contributed by atoms with Crippen LogP contribution in [0.3, 0.4) is 0 Å². The van der Waals surface area contributed by atoms with E-state index in [9.17, 15) is 9.59 Å². The van der Waals surface area contributed by atoms with E-state index in [1.54, 1.807) is 48.5 Å². The number of carbonyl (C=O) groups is 2. The second kappa shape index (κ2) is 9.68. The Bertz CT molecular complexity index is 883. The molecule has 0 amide bonds. The number of methoxy groups -OCH3 is 2. The Morgan fingerprint density at radius 3 is 2.00 bits per heavy atom. The second-order valence-corrected chi connectivity index (χ2v) is 9.04. The highest BCUT2D eigenvalue weighted by Gasteiger charge is 2.50. The quantitative estimate of drug-likeness (QED) is 0.423. The summed E-state index contributed by atoms with van der Waals surface area (Å²) in [7, 11) is 3.07. The number of hydrogen-bond donors (Lipinski definition) is 0. The number of carbonyl (C=O) groups excluding carboxylic acids is 2. The molecule has 0 aliphatic carbocycles. The first kappa shape index (κ1) is 22.4. The van der Waals surface area contributed by atoms with Gasteiger partial charge >= 0.3 is 11.9 Å². The largest absolute Gasteiger partial charge is 0.497 e. The normalized spacial score (nSPS) is 22.9. The zero-order chi connectivity index (χ0) is 21.7. The SMILES string of the molecule is COc1ccc(C(=O)OC[C@H]2OC[C@@](Cl)(Br)[C@@H]2OC(=O)c2ccc(OC)cc2)cc1. The molecule has 160 valence electrons. The van der Waals surface area contributed by atoms with Crippen LogP contribution in [-0.4, -0.2) is 55.4 Å². The van der Waals surface area contributed by atoms with Crippen LogP contribution < -0.4 is 9.47 Å². The van der Waals surface area contributed by atoms with Gasteiger partial charge in [-0.2, -0.15) is 0 Å². The summed E-state index contributed by atoms with van der Waals surface area (Å²) < 4.78 is 25.5. The molecule has 7 nitrogen and oxygen atoms in total. The fourth-order valence-corrected chi connectivity index (χ4v) is 3.60. The van der Waals surface area contributed by atoms with E-state index in [2.05, 4.69) is 15.9 Å². The Balaban J connectivity index is 1.63. The number of alkyl halides is 2. The number of hydrogen-bond acceptors (Lipinski definition) is 7. The predicted octanol–water partition coefficient (Wildman–Crippen LogP) is 3.82. The maximum absolute atomic E-state index is 12.5. The molecule has 1 aliphatic rings. The summed E-state index contributed by atoms with van der Waals surface area (Å²) in [5.41, 5.74) is 0.688. The fourth-order valence-electron chi connectivity index (χ4n) is 2.84. The first-order chi connectivity index (χ1) is 14.3. The molecule has 9 heteroatoms. The van der Waals surface area contributed by atoms with E-state index < -0.39 is 27.9 Å². The van der Waals surface area contributed by atoms with Crippen molar-refractivity contribution in [3.63, 3.8) is 0 Å². The number of rotatable bonds is 7. The first-order valence-corrected chi connectivity index (χ1v) is 10.2. The lowest BCUT2D eigenvalue weighted by molar-refractivity contribution is -0.0284. The van der Waals surface area contributed by atoms with E-state index in [4.69, 9.17) is 35.3 Å². The number of halogens is 2. The van der Waals surface area contributed by atoms with Crippen molar-refractivity contribution >= 4 is 39.5 Å². The highest BCUT2D eigenvalue weighted by molar-refractivity contribution is 9.10. The molecule has 0 radical (unpaired) electrons. The maximum Gasteiger partial charge on any atom is 0.338 e. The highest BCUT2D eigenvalue weighted by Crippen LogP contribution is 2.39. The molecule has 0 N–H and O–H groups in total. The smallest absolute Gasteiger partial charge is 0.338 e. The van der Waals surface area contributed by atoms with Crippen LogP contribution >= 0.6 is 27.5 Å². The topological polar surface area (TPSA) is 80.3 Å². The van der Waals surface area contributed by atoms with Crippen LogP contribution in [0.25, 0.3) is 0 Å². The van der Waals surface area contributed by atoms with Gasteiger partial charge in [0.05, 0.1) is 32.0 Å². The third-order valence-electron chi connectivity index (χ3n) is 4.51. The Morgan fingerprint density at radius 2 is 1.50 bits per heavy atom. The third-order valence-corrected chi connectivity index (χ3v) is 5.51. The summed E-state index contributed by atoms with van der Waals surface area (Å²) in [6, 6.07) is 13.0. The molecule has 0 bridgehead atoms. The molecular formula is C21H20BrClO7. The molecule has 3 atom stereocenters. The molecule has 2 aromatic carbocycles. The molecular weight excluding hydrogens is 480 g/mol. The Hall–Kier alpha value is -2.29. The molecule has 1 saturated heterocycles. The Morgan fingerprint density at radius 1 is 1.00 bits per heavy atom. The van der Waals surface area contributed by atoms with Crippen molar-refractivity contribution in [2.75, 3.05) is 27.4 Å². The number of esters is 2. The third kappa shape index (κ3) is 5.24. The van der Waals surface area contributed by atoms with Gasteiger partial charge < -0.3 is 23.7 Å². The Labute approximate surface area is 187 Å². The lowest BCUT2D eigenvalue weighted by atomic mass is 10.1.